The maximum Gasteiger partial charge on any atom is 0.307 e. The van der Waals surface area contributed by atoms with Crippen molar-refractivity contribution in [3.8, 4) is 0 Å². The van der Waals surface area contributed by atoms with Crippen molar-refractivity contribution in [2.24, 2.45) is 0 Å². The Morgan fingerprint density at radius 2 is 2.15 bits per heavy atom. The van der Waals surface area contributed by atoms with Gasteiger partial charge in [0.1, 0.15) is 11.3 Å². The first-order chi connectivity index (χ1) is 9.72. The molecule has 0 radical (unpaired) electrons. The van der Waals surface area contributed by atoms with Crippen molar-refractivity contribution in [2.45, 2.75) is 32.2 Å². The fraction of sp³-hybridized carbons (Fsp3) is 0.429. The standard InChI is InChI=1S/C14H18N4O2/c1-3-4-10(9-13(19)20-2)17-12-6-5-11-14(18-12)16-8-7-15-11/h5-8,10H,3-4,9H2,1-2H3,(H,16,17,18). The third kappa shape index (κ3) is 3.63. The Labute approximate surface area is 117 Å². The molecule has 6 heteroatoms. The maximum atomic E-state index is 11.4. The van der Waals surface area contributed by atoms with E-state index in [-0.39, 0.29) is 12.0 Å². The second-order valence-electron chi connectivity index (χ2n) is 4.51. The van der Waals surface area contributed by atoms with E-state index in [9.17, 15) is 4.79 Å². The molecule has 0 bridgehead atoms. The van der Waals surface area contributed by atoms with Gasteiger partial charge in [-0.15, -0.1) is 0 Å². The highest BCUT2D eigenvalue weighted by atomic mass is 16.5. The number of rotatable bonds is 6. The van der Waals surface area contributed by atoms with E-state index in [0.29, 0.717) is 17.9 Å². The lowest BCUT2D eigenvalue weighted by Gasteiger charge is -2.17. The summed E-state index contributed by atoms with van der Waals surface area (Å²) in [7, 11) is 1.40. The molecule has 0 aliphatic carbocycles. The predicted octanol–water partition coefficient (Wildman–Crippen LogP) is 2.17. The molecule has 0 aliphatic heterocycles. The summed E-state index contributed by atoms with van der Waals surface area (Å²) < 4.78 is 4.71. The Balaban J connectivity index is 2.12. The van der Waals surface area contributed by atoms with Crippen molar-refractivity contribution in [3.63, 3.8) is 0 Å². The fourth-order valence-electron chi connectivity index (χ4n) is 2.00. The minimum absolute atomic E-state index is 0.00840. The molecule has 0 spiro atoms. The van der Waals surface area contributed by atoms with E-state index in [4.69, 9.17) is 4.74 Å². The van der Waals surface area contributed by atoms with Crippen LogP contribution >= 0.6 is 0 Å². The summed E-state index contributed by atoms with van der Waals surface area (Å²) in [4.78, 5) is 24.1. The van der Waals surface area contributed by atoms with Gasteiger partial charge in [0, 0.05) is 18.4 Å². The lowest BCUT2D eigenvalue weighted by Crippen LogP contribution is -2.24. The summed E-state index contributed by atoms with van der Waals surface area (Å²) in [5, 5.41) is 3.26. The molecule has 0 aromatic carbocycles. The molecule has 1 atom stereocenters. The number of anilines is 1. The molecular formula is C14H18N4O2. The Morgan fingerprint density at radius 1 is 1.35 bits per heavy atom. The van der Waals surface area contributed by atoms with Gasteiger partial charge in [0.2, 0.25) is 0 Å². The molecule has 2 heterocycles. The van der Waals surface area contributed by atoms with E-state index in [2.05, 4.69) is 27.2 Å². The van der Waals surface area contributed by atoms with E-state index in [1.807, 2.05) is 12.1 Å². The van der Waals surface area contributed by atoms with E-state index in [1.54, 1.807) is 12.4 Å². The molecule has 0 fully saturated rings. The number of aromatic nitrogens is 3. The summed E-state index contributed by atoms with van der Waals surface area (Å²) >= 11 is 0. The van der Waals surface area contributed by atoms with Gasteiger partial charge in [-0.05, 0) is 18.6 Å². The van der Waals surface area contributed by atoms with Gasteiger partial charge in [0.05, 0.1) is 13.5 Å². The van der Waals surface area contributed by atoms with Crippen LogP contribution in [0.25, 0.3) is 11.2 Å². The summed E-state index contributed by atoms with van der Waals surface area (Å²) in [6.45, 7) is 2.07. The highest BCUT2D eigenvalue weighted by Crippen LogP contribution is 2.14. The highest BCUT2D eigenvalue weighted by Gasteiger charge is 2.14. The molecule has 0 aliphatic rings. The second-order valence-corrected chi connectivity index (χ2v) is 4.51. The van der Waals surface area contributed by atoms with Crippen molar-refractivity contribution in [2.75, 3.05) is 12.4 Å². The van der Waals surface area contributed by atoms with Gasteiger partial charge in [0.15, 0.2) is 5.65 Å². The number of carbonyl (C=O) groups excluding carboxylic acids is 1. The van der Waals surface area contributed by atoms with Crippen LogP contribution in [0.15, 0.2) is 24.5 Å². The van der Waals surface area contributed by atoms with Gasteiger partial charge < -0.3 is 10.1 Å². The van der Waals surface area contributed by atoms with Crippen LogP contribution in [0.4, 0.5) is 5.82 Å². The number of fused-ring (bicyclic) bond motifs is 1. The van der Waals surface area contributed by atoms with Gasteiger partial charge in [0.25, 0.3) is 0 Å². The summed E-state index contributed by atoms with van der Waals surface area (Å²) in [5.74, 6) is 0.469. The molecular weight excluding hydrogens is 256 g/mol. The van der Waals surface area contributed by atoms with Crippen molar-refractivity contribution in [3.05, 3.63) is 24.5 Å². The van der Waals surface area contributed by atoms with E-state index < -0.39 is 0 Å². The number of methoxy groups -OCH3 is 1. The molecule has 0 saturated heterocycles. The first-order valence-electron chi connectivity index (χ1n) is 6.64. The lowest BCUT2D eigenvalue weighted by atomic mass is 10.1. The van der Waals surface area contributed by atoms with Crippen LogP contribution in [0.5, 0.6) is 0 Å². The molecule has 106 valence electrons. The van der Waals surface area contributed by atoms with Crippen LogP contribution in [0.3, 0.4) is 0 Å². The number of esters is 1. The molecule has 0 saturated carbocycles. The first kappa shape index (κ1) is 14.2. The minimum atomic E-state index is -0.225. The topological polar surface area (TPSA) is 77.0 Å². The summed E-state index contributed by atoms with van der Waals surface area (Å²) in [6.07, 6.45) is 5.41. The molecule has 2 aromatic rings. The minimum Gasteiger partial charge on any atom is -0.469 e. The van der Waals surface area contributed by atoms with Crippen molar-refractivity contribution in [1.82, 2.24) is 15.0 Å². The van der Waals surface area contributed by atoms with Gasteiger partial charge in [-0.2, -0.15) is 0 Å². The number of carbonyl (C=O) groups is 1. The lowest BCUT2D eigenvalue weighted by molar-refractivity contribution is -0.140. The highest BCUT2D eigenvalue weighted by molar-refractivity contribution is 5.72. The van der Waals surface area contributed by atoms with Crippen LogP contribution in [0, 0.1) is 0 Å². The number of pyridine rings is 1. The number of nitrogens with one attached hydrogen (secondary N) is 1. The summed E-state index contributed by atoms with van der Waals surface area (Å²) in [5.41, 5.74) is 1.34. The largest absolute Gasteiger partial charge is 0.469 e. The molecule has 20 heavy (non-hydrogen) atoms. The maximum absolute atomic E-state index is 11.4. The molecule has 1 unspecified atom stereocenters. The number of hydrogen-bond donors (Lipinski definition) is 1. The molecule has 6 nitrogen and oxygen atoms in total. The average Bonchev–Trinajstić information content (AvgIpc) is 2.47. The molecule has 2 rings (SSSR count). The SMILES string of the molecule is CCCC(CC(=O)OC)Nc1ccc2nccnc2n1. The van der Waals surface area contributed by atoms with Gasteiger partial charge >= 0.3 is 5.97 Å². The summed E-state index contributed by atoms with van der Waals surface area (Å²) in [6, 6.07) is 3.71. The van der Waals surface area contributed by atoms with Gasteiger partial charge in [-0.1, -0.05) is 13.3 Å². The van der Waals surface area contributed by atoms with Crippen LogP contribution in [-0.4, -0.2) is 34.1 Å². The molecule has 0 amide bonds. The fourth-order valence-corrected chi connectivity index (χ4v) is 2.00. The van der Waals surface area contributed by atoms with E-state index in [1.165, 1.54) is 7.11 Å². The van der Waals surface area contributed by atoms with Crippen LogP contribution in [0.2, 0.25) is 0 Å². The van der Waals surface area contributed by atoms with Gasteiger partial charge in [-0.25, -0.2) is 9.97 Å². The Hall–Kier alpha value is -2.24. The Bertz CT molecular complexity index is 588. The van der Waals surface area contributed by atoms with E-state index >= 15 is 0 Å². The third-order valence-electron chi connectivity index (χ3n) is 2.96. The number of ether oxygens (including phenoxy) is 1. The van der Waals surface area contributed by atoms with Gasteiger partial charge in [-0.3, -0.25) is 9.78 Å². The van der Waals surface area contributed by atoms with E-state index in [0.717, 1.165) is 18.4 Å². The third-order valence-corrected chi connectivity index (χ3v) is 2.96. The van der Waals surface area contributed by atoms with Crippen molar-refractivity contribution in [1.29, 1.82) is 0 Å². The Morgan fingerprint density at radius 3 is 2.90 bits per heavy atom. The van der Waals surface area contributed by atoms with Crippen molar-refractivity contribution >= 4 is 23.0 Å². The zero-order chi connectivity index (χ0) is 14.4. The van der Waals surface area contributed by atoms with Crippen LogP contribution in [0.1, 0.15) is 26.2 Å². The average molecular weight is 274 g/mol. The van der Waals surface area contributed by atoms with Crippen LogP contribution < -0.4 is 5.32 Å². The zero-order valence-corrected chi connectivity index (χ0v) is 11.7. The second kappa shape index (κ2) is 6.79. The quantitative estimate of drug-likeness (QED) is 0.813. The predicted molar refractivity (Wildman–Crippen MR) is 76.3 cm³/mol. The zero-order valence-electron chi connectivity index (χ0n) is 11.7. The molecule has 1 N–H and O–H groups in total. The Kier molecular flexibility index (Phi) is 4.81. The molecule has 2 aromatic heterocycles. The first-order valence-corrected chi connectivity index (χ1v) is 6.64. The van der Waals surface area contributed by atoms with Crippen molar-refractivity contribution < 1.29 is 9.53 Å². The number of nitrogens with zero attached hydrogens (tertiary/aromatic N) is 3. The monoisotopic (exact) mass is 274 g/mol. The normalized spacial score (nSPS) is 12.1. The van der Waals surface area contributed by atoms with Crippen LogP contribution in [-0.2, 0) is 9.53 Å². The number of hydrogen-bond acceptors (Lipinski definition) is 6. The smallest absolute Gasteiger partial charge is 0.307 e.